The van der Waals surface area contributed by atoms with Gasteiger partial charge in [0.05, 0.1) is 11.7 Å². The average molecular weight is 398 g/mol. The Labute approximate surface area is 167 Å². The molecule has 1 atom stereocenters. The van der Waals surface area contributed by atoms with Crippen molar-refractivity contribution in [2.24, 2.45) is 0 Å². The molecule has 3 N–H and O–H groups in total. The van der Waals surface area contributed by atoms with E-state index < -0.39 is 0 Å². The van der Waals surface area contributed by atoms with Gasteiger partial charge >= 0.3 is 0 Å². The predicted octanol–water partition coefficient (Wildman–Crippen LogP) is 4.11. The van der Waals surface area contributed by atoms with Crippen LogP contribution in [0.1, 0.15) is 61.4 Å². The zero-order valence-electron chi connectivity index (χ0n) is 16.2. The highest BCUT2D eigenvalue weighted by Gasteiger charge is 2.14. The number of benzene rings is 1. The minimum absolute atomic E-state index is 0.0542. The molecule has 0 aliphatic rings. The number of carbonyl (C=O) groups is 2. The van der Waals surface area contributed by atoms with E-state index in [1.165, 1.54) is 18.3 Å². The predicted molar refractivity (Wildman–Crippen MR) is 110 cm³/mol. The topological polar surface area (TPSA) is 99.8 Å². The molecule has 0 radical (unpaired) electrons. The molecule has 0 saturated carbocycles. The van der Waals surface area contributed by atoms with Crippen molar-refractivity contribution in [2.75, 3.05) is 5.32 Å². The summed E-state index contributed by atoms with van der Waals surface area (Å²) in [5, 5.41) is 15.0. The van der Waals surface area contributed by atoms with Crippen molar-refractivity contribution in [2.45, 2.75) is 39.7 Å². The number of hydrogen-bond acceptors (Lipinski definition) is 5. The van der Waals surface area contributed by atoms with Crippen LogP contribution in [0.25, 0.3) is 11.3 Å². The Hall–Kier alpha value is -3.00. The fraction of sp³-hybridized carbons (Fsp3) is 0.300. The molecule has 3 rings (SSSR count). The van der Waals surface area contributed by atoms with Crippen LogP contribution in [0.5, 0.6) is 0 Å². The molecule has 1 aromatic carbocycles. The largest absolute Gasteiger partial charge is 0.350 e. The van der Waals surface area contributed by atoms with E-state index in [-0.39, 0.29) is 23.8 Å². The summed E-state index contributed by atoms with van der Waals surface area (Å²) in [5.74, 6) is -0.0747. The maximum absolute atomic E-state index is 12.3. The summed E-state index contributed by atoms with van der Waals surface area (Å²) in [5.41, 5.74) is 4.00. The smallest absolute Gasteiger partial charge is 0.277 e. The number of nitrogens with one attached hydrogen (secondary N) is 3. The SMILES string of the molecule is CC(=O)NC(C)c1ccc(-c2csc(NC(=O)c3cc(C(C)C)[nH]n3)n2)cc1. The zero-order chi connectivity index (χ0) is 20.3. The van der Waals surface area contributed by atoms with Crippen LogP contribution in [0.4, 0.5) is 5.13 Å². The molecule has 146 valence electrons. The number of carbonyl (C=O) groups excluding carboxylic acids is 2. The third-order valence-corrected chi connectivity index (χ3v) is 5.06. The van der Waals surface area contributed by atoms with Gasteiger partial charge in [0.25, 0.3) is 5.91 Å². The normalized spacial score (nSPS) is 12.0. The molecular weight excluding hydrogens is 374 g/mol. The molecular formula is C20H23N5O2S. The molecule has 0 aliphatic heterocycles. The van der Waals surface area contributed by atoms with E-state index >= 15 is 0 Å². The number of aromatic amines is 1. The number of rotatable bonds is 6. The second-order valence-electron chi connectivity index (χ2n) is 6.90. The molecule has 2 amide bonds. The van der Waals surface area contributed by atoms with Gasteiger partial charge in [-0.15, -0.1) is 11.3 Å². The summed E-state index contributed by atoms with van der Waals surface area (Å²) in [7, 11) is 0. The molecule has 0 bridgehead atoms. The van der Waals surface area contributed by atoms with Crippen LogP contribution in [-0.2, 0) is 4.79 Å². The second kappa shape index (κ2) is 8.35. The van der Waals surface area contributed by atoms with Crippen molar-refractivity contribution >= 4 is 28.3 Å². The summed E-state index contributed by atoms with van der Waals surface area (Å²) in [6.45, 7) is 7.50. The molecule has 2 heterocycles. The summed E-state index contributed by atoms with van der Waals surface area (Å²) in [4.78, 5) is 28.0. The van der Waals surface area contributed by atoms with Crippen LogP contribution in [0.3, 0.4) is 0 Å². The van der Waals surface area contributed by atoms with Gasteiger partial charge in [0.2, 0.25) is 5.91 Å². The molecule has 3 aromatic rings. The molecule has 0 spiro atoms. The maximum Gasteiger partial charge on any atom is 0.277 e. The van der Waals surface area contributed by atoms with Gasteiger partial charge in [-0.2, -0.15) is 5.10 Å². The lowest BCUT2D eigenvalue weighted by molar-refractivity contribution is -0.119. The van der Waals surface area contributed by atoms with Crippen LogP contribution in [0.2, 0.25) is 0 Å². The highest BCUT2D eigenvalue weighted by Crippen LogP contribution is 2.26. The summed E-state index contributed by atoms with van der Waals surface area (Å²) >= 11 is 1.36. The highest BCUT2D eigenvalue weighted by atomic mass is 32.1. The Kier molecular flexibility index (Phi) is 5.89. The van der Waals surface area contributed by atoms with Crippen LogP contribution >= 0.6 is 11.3 Å². The summed E-state index contributed by atoms with van der Waals surface area (Å²) < 4.78 is 0. The third kappa shape index (κ3) is 4.64. The molecule has 0 aliphatic carbocycles. The van der Waals surface area contributed by atoms with E-state index in [4.69, 9.17) is 0 Å². The first-order valence-corrected chi connectivity index (χ1v) is 9.91. The van der Waals surface area contributed by atoms with Gasteiger partial charge in [-0.25, -0.2) is 4.98 Å². The zero-order valence-corrected chi connectivity index (χ0v) is 17.1. The highest BCUT2D eigenvalue weighted by molar-refractivity contribution is 7.14. The fourth-order valence-corrected chi connectivity index (χ4v) is 3.42. The van der Waals surface area contributed by atoms with Gasteiger partial charge in [-0.1, -0.05) is 38.1 Å². The van der Waals surface area contributed by atoms with Crippen molar-refractivity contribution < 1.29 is 9.59 Å². The first kappa shape index (κ1) is 19.8. The van der Waals surface area contributed by atoms with E-state index in [1.54, 1.807) is 6.07 Å². The molecule has 7 nitrogen and oxygen atoms in total. The third-order valence-electron chi connectivity index (χ3n) is 4.30. The van der Waals surface area contributed by atoms with Crippen LogP contribution in [0, 0.1) is 0 Å². The first-order valence-electron chi connectivity index (χ1n) is 9.03. The minimum atomic E-state index is -0.288. The number of H-pyrrole nitrogens is 1. The Morgan fingerprint density at radius 3 is 2.46 bits per heavy atom. The van der Waals surface area contributed by atoms with Crippen LogP contribution in [0.15, 0.2) is 35.7 Å². The van der Waals surface area contributed by atoms with Crippen molar-refractivity contribution in [3.8, 4) is 11.3 Å². The molecule has 2 aromatic heterocycles. The summed E-state index contributed by atoms with van der Waals surface area (Å²) in [6.07, 6.45) is 0. The van der Waals surface area contributed by atoms with Crippen molar-refractivity contribution in [3.05, 3.63) is 52.7 Å². The van der Waals surface area contributed by atoms with Crippen LogP contribution < -0.4 is 10.6 Å². The van der Waals surface area contributed by atoms with Gasteiger partial charge in [-0.05, 0) is 24.5 Å². The van der Waals surface area contributed by atoms with Crippen molar-refractivity contribution in [1.82, 2.24) is 20.5 Å². The van der Waals surface area contributed by atoms with Crippen molar-refractivity contribution in [3.63, 3.8) is 0 Å². The van der Waals surface area contributed by atoms with E-state index in [0.717, 1.165) is 22.5 Å². The Morgan fingerprint density at radius 1 is 1.14 bits per heavy atom. The van der Waals surface area contributed by atoms with E-state index in [0.29, 0.717) is 10.8 Å². The number of thiazole rings is 1. The molecule has 0 fully saturated rings. The lowest BCUT2D eigenvalue weighted by atomic mass is 10.1. The maximum atomic E-state index is 12.3. The van der Waals surface area contributed by atoms with E-state index in [2.05, 4.69) is 25.8 Å². The Bertz CT molecular complexity index is 975. The number of aromatic nitrogens is 3. The summed E-state index contributed by atoms with van der Waals surface area (Å²) in [6, 6.07) is 9.54. The monoisotopic (exact) mass is 397 g/mol. The quantitative estimate of drug-likeness (QED) is 0.583. The van der Waals surface area contributed by atoms with Gasteiger partial charge in [0.1, 0.15) is 0 Å². The lowest BCUT2D eigenvalue weighted by Gasteiger charge is -2.12. The minimum Gasteiger partial charge on any atom is -0.350 e. The van der Waals surface area contributed by atoms with E-state index in [9.17, 15) is 9.59 Å². The second-order valence-corrected chi connectivity index (χ2v) is 7.76. The van der Waals surface area contributed by atoms with Gasteiger partial charge in [0.15, 0.2) is 10.8 Å². The number of amides is 2. The molecule has 8 heteroatoms. The first-order chi connectivity index (χ1) is 13.3. The van der Waals surface area contributed by atoms with E-state index in [1.807, 2.05) is 50.4 Å². The molecule has 28 heavy (non-hydrogen) atoms. The van der Waals surface area contributed by atoms with Crippen LogP contribution in [-0.4, -0.2) is 27.0 Å². The molecule has 0 saturated heterocycles. The number of nitrogens with zero attached hydrogens (tertiary/aromatic N) is 2. The van der Waals surface area contributed by atoms with Gasteiger partial charge in [0, 0.05) is 23.6 Å². The Morgan fingerprint density at radius 2 is 1.86 bits per heavy atom. The van der Waals surface area contributed by atoms with Gasteiger partial charge in [-0.3, -0.25) is 20.0 Å². The fourth-order valence-electron chi connectivity index (χ4n) is 2.70. The molecule has 1 unspecified atom stereocenters. The van der Waals surface area contributed by atoms with Crippen molar-refractivity contribution in [1.29, 1.82) is 0 Å². The van der Waals surface area contributed by atoms with Gasteiger partial charge < -0.3 is 5.32 Å². The standard InChI is InChI=1S/C20H23N5O2S/c1-11(2)16-9-17(25-24-16)19(27)23-20-22-18(10-28-20)15-7-5-14(6-8-15)12(3)21-13(4)26/h5-12H,1-4H3,(H,21,26)(H,24,25)(H,22,23,27). The number of hydrogen-bond donors (Lipinski definition) is 3. The average Bonchev–Trinajstić information content (AvgIpc) is 3.31. The lowest BCUT2D eigenvalue weighted by Crippen LogP contribution is -2.23. The number of anilines is 1. The Balaban J connectivity index is 1.68.